The number of hydrogen-bond donors (Lipinski definition) is 1. The predicted molar refractivity (Wildman–Crippen MR) is 12.1 cm³/mol. The fraction of sp³-hybridized carbons (Fsp3) is 0. The van der Waals surface area contributed by atoms with Crippen LogP contribution in [0.5, 0.6) is 0 Å². The molecule has 0 amide bonds. The Kier molecular flexibility index (Phi) is 14.5. The Balaban J connectivity index is 0. The standard InChI is InChI=1S/Mo.HO3S.O/c;1-4(2)3;/h;(H,1,2,3);/q;-1;. The molecule has 1 N–H and O–H groups in total. The molecule has 38 valence electrons. The fourth-order valence-electron chi connectivity index (χ4n) is 0. The van der Waals surface area contributed by atoms with Crippen molar-refractivity contribution in [1.82, 2.24) is 0 Å². The van der Waals surface area contributed by atoms with Gasteiger partial charge in [0.1, 0.15) is 0 Å². The van der Waals surface area contributed by atoms with Crippen LogP contribution < -0.4 is 0 Å². The predicted octanol–water partition coefficient (Wildman–Crippen LogP) is -0.353. The van der Waals surface area contributed by atoms with Gasteiger partial charge in [-0.2, -0.15) is 0 Å². The Morgan fingerprint density at radius 3 is 1.33 bits per heavy atom. The van der Waals surface area contributed by atoms with Crippen LogP contribution in [0.25, 0.3) is 0 Å². The summed E-state index contributed by atoms with van der Waals surface area (Å²) < 4.78 is 32.3. The zero-order valence-corrected chi connectivity index (χ0v) is 5.31. The second-order valence-electron chi connectivity index (χ2n) is 0.217. The van der Waals surface area contributed by atoms with Crippen molar-refractivity contribution in [3.63, 3.8) is 0 Å². The summed E-state index contributed by atoms with van der Waals surface area (Å²) in [6.07, 6.45) is 0. The van der Waals surface area contributed by atoms with Crippen molar-refractivity contribution in [3.05, 3.63) is 0 Å². The molecule has 0 aliphatic rings. The second-order valence-corrected chi connectivity index (χ2v) is 0.651. The van der Waals surface area contributed by atoms with E-state index < -0.39 is 11.0 Å². The van der Waals surface area contributed by atoms with Gasteiger partial charge in [0.2, 0.25) is 0 Å². The zero-order chi connectivity index (χ0) is 5.58. The minimum atomic E-state index is -2.86. The summed E-state index contributed by atoms with van der Waals surface area (Å²) in [5.41, 5.74) is 0. The maximum atomic E-state index is 8.56. The molecule has 6 heteroatoms. The first kappa shape index (κ1) is 9.64. The quantitative estimate of drug-likeness (QED) is 0.247. The van der Waals surface area contributed by atoms with Crippen molar-refractivity contribution < 1.29 is 36.1 Å². The first-order chi connectivity index (χ1) is 2.73. The van der Waals surface area contributed by atoms with Crippen LogP contribution in [0.3, 0.4) is 0 Å². The molecule has 0 atom stereocenters. The van der Waals surface area contributed by atoms with Gasteiger partial charge in [0.25, 0.3) is 0 Å². The fourth-order valence-corrected chi connectivity index (χ4v) is 0. The molecule has 0 fully saturated rings. The van der Waals surface area contributed by atoms with Crippen LogP contribution >= 0.6 is 0 Å². The van der Waals surface area contributed by atoms with Crippen molar-refractivity contribution in [3.8, 4) is 0 Å². The number of rotatable bonds is 0. The van der Waals surface area contributed by atoms with Gasteiger partial charge in [-0.05, 0) is 0 Å². The summed E-state index contributed by atoms with van der Waals surface area (Å²) in [7, 11) is -2.86. The molecule has 4 nitrogen and oxygen atoms in total. The number of hydrogen-bond acceptors (Lipinski definition) is 4. The van der Waals surface area contributed by atoms with Crippen LogP contribution in [0.2, 0.25) is 0 Å². The van der Waals surface area contributed by atoms with Crippen molar-refractivity contribution in [2.75, 3.05) is 0 Å². The van der Waals surface area contributed by atoms with Crippen LogP contribution in [-0.2, 0) is 42.6 Å². The van der Waals surface area contributed by atoms with Crippen LogP contribution in [0.15, 0.2) is 0 Å². The molecule has 0 saturated carbocycles. The molecule has 0 bridgehead atoms. The van der Waals surface area contributed by atoms with Gasteiger partial charge in [-0.15, -0.1) is 0 Å². The molecule has 0 spiro atoms. The van der Waals surface area contributed by atoms with E-state index in [0.29, 0.717) is 19.8 Å². The first-order valence-corrected chi connectivity index (χ1v) is 2.53. The third kappa shape index (κ3) is 320. The molecule has 0 radical (unpaired) electrons. The van der Waals surface area contributed by atoms with E-state index in [1.807, 2.05) is 0 Å². The molecule has 0 unspecified atom stereocenters. The third-order valence-electron chi connectivity index (χ3n) is 0. The summed E-state index contributed by atoms with van der Waals surface area (Å²) in [6.45, 7) is 0. The zero-order valence-electron chi connectivity index (χ0n) is 2.49. The topological polar surface area (TPSA) is 71.4 Å². The van der Waals surface area contributed by atoms with Gasteiger partial charge in [0, 0.05) is 11.0 Å². The Bertz CT molecular complexity index is 65.6. The molecule has 0 saturated heterocycles. The van der Waals surface area contributed by atoms with E-state index in [2.05, 4.69) is 0 Å². The van der Waals surface area contributed by atoms with Gasteiger partial charge in [-0.3, -0.25) is 0 Å². The molecular formula is HMoO4S-. The van der Waals surface area contributed by atoms with Gasteiger partial charge in [0.15, 0.2) is 0 Å². The third-order valence-corrected chi connectivity index (χ3v) is 0. The van der Waals surface area contributed by atoms with Crippen molar-refractivity contribution in [2.45, 2.75) is 0 Å². The Labute approximate surface area is 47.5 Å². The Morgan fingerprint density at radius 1 is 1.33 bits per heavy atom. The maximum absolute atomic E-state index is 8.56. The van der Waals surface area contributed by atoms with Crippen molar-refractivity contribution in [2.24, 2.45) is 0 Å². The van der Waals surface area contributed by atoms with E-state index in [0.717, 1.165) is 0 Å². The molecule has 0 rings (SSSR count). The van der Waals surface area contributed by atoms with Crippen LogP contribution in [0, 0.1) is 0 Å². The monoisotopic (exact) mass is 195 g/mol. The molecule has 6 heavy (non-hydrogen) atoms. The van der Waals surface area contributed by atoms with Crippen LogP contribution in [-0.4, -0.2) is 4.55 Å². The average Bonchev–Trinajstić information content (AvgIpc) is 1.41. The van der Waals surface area contributed by atoms with Crippen molar-refractivity contribution in [1.29, 1.82) is 0 Å². The molecule has 0 aliphatic carbocycles. The molecule has 0 aromatic rings. The van der Waals surface area contributed by atoms with E-state index in [1.54, 1.807) is 0 Å². The summed E-state index contributed by atoms with van der Waals surface area (Å²) in [6, 6.07) is 0. The van der Waals surface area contributed by atoms with Gasteiger partial charge >= 0.3 is 23.2 Å². The molecule has 0 aromatic heterocycles. The second kappa shape index (κ2) is 9.04. The van der Waals surface area contributed by atoms with Crippen LogP contribution in [0.1, 0.15) is 0 Å². The normalized spacial score (nSPS) is 6.33. The Morgan fingerprint density at radius 2 is 1.33 bits per heavy atom. The molecule has 0 heterocycles. The Hall–Kier alpha value is 0.398. The molecular weight excluding hydrogens is 192 g/mol. The summed E-state index contributed by atoms with van der Waals surface area (Å²) in [5, 5.41) is 0. The summed E-state index contributed by atoms with van der Waals surface area (Å²) in [4.78, 5) is 0. The molecule has 0 aromatic carbocycles. The van der Waals surface area contributed by atoms with Gasteiger partial charge in [-0.1, -0.05) is 0 Å². The van der Waals surface area contributed by atoms with Gasteiger partial charge in [-0.25, -0.2) is 0 Å². The first-order valence-electron chi connectivity index (χ1n) is 0.683. The summed E-state index contributed by atoms with van der Waals surface area (Å²) in [5.74, 6) is 0. The van der Waals surface area contributed by atoms with Crippen molar-refractivity contribution >= 4 is 11.0 Å². The van der Waals surface area contributed by atoms with E-state index >= 15 is 0 Å². The minimum absolute atomic E-state index is 0.700. The van der Waals surface area contributed by atoms with E-state index in [4.69, 9.17) is 16.4 Å². The molecule has 0 aliphatic heterocycles. The van der Waals surface area contributed by atoms with Gasteiger partial charge in [0.05, 0.1) is 0 Å². The SMILES string of the molecule is O=[S-](=O)O.[O]=[Mo]. The van der Waals surface area contributed by atoms with E-state index in [-0.39, 0.29) is 0 Å². The van der Waals surface area contributed by atoms with Gasteiger partial charge < -0.3 is 13.0 Å². The van der Waals surface area contributed by atoms with Crippen LogP contribution in [0.4, 0.5) is 0 Å². The summed E-state index contributed by atoms with van der Waals surface area (Å²) >= 11 is 0.700. The van der Waals surface area contributed by atoms with E-state index in [1.165, 1.54) is 0 Å². The van der Waals surface area contributed by atoms with E-state index in [9.17, 15) is 0 Å². The average molecular weight is 193 g/mol.